The van der Waals surface area contributed by atoms with Gasteiger partial charge in [-0.3, -0.25) is 4.79 Å². The number of carbonyl (C=O) groups excluding carboxylic acids is 1. The van der Waals surface area contributed by atoms with E-state index in [1.54, 1.807) is 0 Å². The number of benzene rings is 2. The molecule has 0 aliphatic carbocycles. The molecule has 134 valence electrons. The molecule has 0 aliphatic rings. The van der Waals surface area contributed by atoms with E-state index in [0.717, 1.165) is 22.8 Å². The molecule has 2 atom stereocenters. The van der Waals surface area contributed by atoms with Crippen LogP contribution in [-0.2, 0) is 16.0 Å². The van der Waals surface area contributed by atoms with Gasteiger partial charge in [0.25, 0.3) is 0 Å². The van der Waals surface area contributed by atoms with Gasteiger partial charge in [-0.15, -0.1) is 0 Å². The molecule has 0 saturated carbocycles. The molecule has 0 aromatic heterocycles. The first kappa shape index (κ1) is 18.9. The van der Waals surface area contributed by atoms with E-state index >= 15 is 0 Å². The Morgan fingerprint density at radius 3 is 2.52 bits per heavy atom. The first-order valence-electron chi connectivity index (χ1n) is 8.48. The quantitative estimate of drug-likeness (QED) is 0.513. The van der Waals surface area contributed by atoms with E-state index in [1.807, 2.05) is 42.5 Å². The van der Waals surface area contributed by atoms with Crippen LogP contribution in [0.1, 0.15) is 24.8 Å². The lowest BCUT2D eigenvalue weighted by atomic mass is 9.98. The van der Waals surface area contributed by atoms with Crippen LogP contribution < -0.4 is 16.8 Å². The summed E-state index contributed by atoms with van der Waals surface area (Å²) >= 11 is 0. The van der Waals surface area contributed by atoms with Crippen LogP contribution in [0.2, 0.25) is 0 Å². The van der Waals surface area contributed by atoms with E-state index in [-0.39, 0.29) is 0 Å². The Morgan fingerprint density at radius 1 is 1.08 bits per heavy atom. The van der Waals surface area contributed by atoms with Gasteiger partial charge in [-0.1, -0.05) is 42.5 Å². The standard InChI is InChI=1S/C19H25N3O3/c20-11-4-3-10-17(19(24)25)22-18(23)16(21)12-14-8-5-7-13-6-1-2-9-15(13)14/h1-2,5-9,16-17H,3-4,10-12,20-21H2,(H,22,23)(H,24,25)/t16?,17-/m0/s1. The zero-order chi connectivity index (χ0) is 18.2. The number of nitrogens with two attached hydrogens (primary N) is 2. The molecule has 25 heavy (non-hydrogen) atoms. The number of aliphatic carboxylic acids is 1. The van der Waals surface area contributed by atoms with Gasteiger partial charge in [0.1, 0.15) is 6.04 Å². The summed E-state index contributed by atoms with van der Waals surface area (Å²) in [4.78, 5) is 23.6. The first-order valence-corrected chi connectivity index (χ1v) is 8.48. The maximum absolute atomic E-state index is 12.3. The molecule has 0 spiro atoms. The number of nitrogens with one attached hydrogen (secondary N) is 1. The first-order chi connectivity index (χ1) is 12.0. The zero-order valence-electron chi connectivity index (χ0n) is 14.2. The molecule has 1 amide bonds. The lowest BCUT2D eigenvalue weighted by molar-refractivity contribution is -0.142. The van der Waals surface area contributed by atoms with Crippen LogP contribution in [0.4, 0.5) is 0 Å². The van der Waals surface area contributed by atoms with Crippen molar-refractivity contribution >= 4 is 22.6 Å². The Balaban J connectivity index is 2.02. The summed E-state index contributed by atoms with van der Waals surface area (Å²) in [5.74, 6) is -1.50. The van der Waals surface area contributed by atoms with Crippen molar-refractivity contribution in [1.29, 1.82) is 0 Å². The number of rotatable bonds is 9. The van der Waals surface area contributed by atoms with Crippen molar-refractivity contribution in [2.75, 3.05) is 6.54 Å². The molecule has 2 aromatic rings. The fourth-order valence-electron chi connectivity index (χ4n) is 2.83. The molecule has 0 bridgehead atoms. The van der Waals surface area contributed by atoms with Crippen LogP contribution >= 0.6 is 0 Å². The summed E-state index contributed by atoms with van der Waals surface area (Å²) in [6.07, 6.45) is 2.07. The number of hydrogen-bond acceptors (Lipinski definition) is 4. The Hall–Kier alpha value is -2.44. The topological polar surface area (TPSA) is 118 Å². The van der Waals surface area contributed by atoms with Gasteiger partial charge in [-0.05, 0) is 48.6 Å². The van der Waals surface area contributed by atoms with Crippen molar-refractivity contribution in [3.8, 4) is 0 Å². The van der Waals surface area contributed by atoms with Gasteiger partial charge in [-0.25, -0.2) is 4.79 Å². The van der Waals surface area contributed by atoms with Crippen LogP contribution in [-0.4, -0.2) is 35.6 Å². The van der Waals surface area contributed by atoms with E-state index in [2.05, 4.69) is 5.32 Å². The molecule has 6 heteroatoms. The predicted octanol–water partition coefficient (Wildman–Crippen LogP) is 1.41. The van der Waals surface area contributed by atoms with Crippen LogP contribution in [0.15, 0.2) is 42.5 Å². The molecular formula is C19H25N3O3. The minimum Gasteiger partial charge on any atom is -0.480 e. The Kier molecular flexibility index (Phi) is 6.91. The van der Waals surface area contributed by atoms with Crippen molar-refractivity contribution in [2.24, 2.45) is 11.5 Å². The molecule has 1 unspecified atom stereocenters. The molecule has 0 heterocycles. The molecule has 6 N–H and O–H groups in total. The summed E-state index contributed by atoms with van der Waals surface area (Å²) in [7, 11) is 0. The number of carboxylic acids is 1. The molecule has 0 saturated heterocycles. The molecule has 2 rings (SSSR count). The fourth-order valence-corrected chi connectivity index (χ4v) is 2.83. The van der Waals surface area contributed by atoms with Crippen molar-refractivity contribution in [1.82, 2.24) is 5.32 Å². The number of carboxylic acid groups (broad SMARTS) is 1. The second-order valence-electron chi connectivity index (χ2n) is 6.13. The normalized spacial score (nSPS) is 13.4. The maximum Gasteiger partial charge on any atom is 0.326 e. The number of hydrogen-bond donors (Lipinski definition) is 4. The van der Waals surface area contributed by atoms with Crippen molar-refractivity contribution < 1.29 is 14.7 Å². The minimum atomic E-state index is -1.05. The molecule has 0 aliphatic heterocycles. The minimum absolute atomic E-state index is 0.346. The Bertz CT molecular complexity index is 727. The highest BCUT2D eigenvalue weighted by Gasteiger charge is 2.23. The molecule has 2 aromatic carbocycles. The summed E-state index contributed by atoms with van der Waals surface area (Å²) in [5, 5.41) is 13.9. The van der Waals surface area contributed by atoms with Gasteiger partial charge < -0.3 is 21.9 Å². The smallest absolute Gasteiger partial charge is 0.326 e. The molecular weight excluding hydrogens is 318 g/mol. The zero-order valence-corrected chi connectivity index (χ0v) is 14.2. The van der Waals surface area contributed by atoms with Crippen molar-refractivity contribution in [2.45, 2.75) is 37.8 Å². The van der Waals surface area contributed by atoms with Crippen LogP contribution in [0.25, 0.3) is 10.8 Å². The van der Waals surface area contributed by atoms with Crippen LogP contribution in [0, 0.1) is 0 Å². The van der Waals surface area contributed by atoms with Gasteiger partial charge in [0.15, 0.2) is 0 Å². The average Bonchev–Trinajstić information content (AvgIpc) is 2.61. The van der Waals surface area contributed by atoms with E-state index < -0.39 is 24.0 Å². The average molecular weight is 343 g/mol. The third kappa shape index (κ3) is 5.27. The monoisotopic (exact) mass is 343 g/mol. The van der Waals surface area contributed by atoms with E-state index in [0.29, 0.717) is 25.8 Å². The third-order valence-corrected chi connectivity index (χ3v) is 4.22. The lowest BCUT2D eigenvalue weighted by Crippen LogP contribution is -2.49. The van der Waals surface area contributed by atoms with Crippen molar-refractivity contribution in [3.63, 3.8) is 0 Å². The summed E-state index contributed by atoms with van der Waals surface area (Å²) in [6.45, 7) is 0.501. The Morgan fingerprint density at radius 2 is 1.80 bits per heavy atom. The highest BCUT2D eigenvalue weighted by molar-refractivity contribution is 5.89. The number of amides is 1. The highest BCUT2D eigenvalue weighted by atomic mass is 16.4. The Labute approximate surface area is 147 Å². The highest BCUT2D eigenvalue weighted by Crippen LogP contribution is 2.19. The number of carbonyl (C=O) groups is 2. The summed E-state index contributed by atoms with van der Waals surface area (Å²) < 4.78 is 0. The van der Waals surface area contributed by atoms with E-state index in [9.17, 15) is 14.7 Å². The lowest BCUT2D eigenvalue weighted by Gasteiger charge is -2.18. The van der Waals surface area contributed by atoms with Crippen LogP contribution in [0.5, 0.6) is 0 Å². The summed E-state index contributed by atoms with van der Waals surface area (Å²) in [5.41, 5.74) is 12.4. The van der Waals surface area contributed by atoms with Gasteiger partial charge in [-0.2, -0.15) is 0 Å². The maximum atomic E-state index is 12.3. The second kappa shape index (κ2) is 9.15. The van der Waals surface area contributed by atoms with Crippen LogP contribution in [0.3, 0.4) is 0 Å². The third-order valence-electron chi connectivity index (χ3n) is 4.22. The second-order valence-corrected chi connectivity index (χ2v) is 6.13. The molecule has 6 nitrogen and oxygen atoms in total. The molecule has 0 fully saturated rings. The summed E-state index contributed by atoms with van der Waals surface area (Å²) in [6, 6.07) is 12.0. The van der Waals surface area contributed by atoms with Gasteiger partial charge in [0, 0.05) is 0 Å². The molecule has 0 radical (unpaired) electrons. The number of unbranched alkanes of at least 4 members (excludes halogenated alkanes) is 1. The van der Waals surface area contributed by atoms with Crippen molar-refractivity contribution in [3.05, 3.63) is 48.0 Å². The van der Waals surface area contributed by atoms with Gasteiger partial charge in [0.05, 0.1) is 6.04 Å². The largest absolute Gasteiger partial charge is 0.480 e. The van der Waals surface area contributed by atoms with E-state index in [4.69, 9.17) is 11.5 Å². The fraction of sp³-hybridized carbons (Fsp3) is 0.368. The predicted molar refractivity (Wildman–Crippen MR) is 98.1 cm³/mol. The van der Waals surface area contributed by atoms with E-state index in [1.165, 1.54) is 0 Å². The van der Waals surface area contributed by atoms with Gasteiger partial charge in [0.2, 0.25) is 5.91 Å². The van der Waals surface area contributed by atoms with Gasteiger partial charge >= 0.3 is 5.97 Å². The SMILES string of the molecule is NCCCC[C@H](NC(=O)C(N)Cc1cccc2ccccc12)C(=O)O. The number of fused-ring (bicyclic) bond motifs is 1.